The summed E-state index contributed by atoms with van der Waals surface area (Å²) in [6.45, 7) is 1.22. The van der Waals surface area contributed by atoms with Gasteiger partial charge in [-0.15, -0.1) is 0 Å². The minimum atomic E-state index is -2.72. The molecule has 7 nitrogen and oxygen atoms in total. The molecule has 0 fully saturated rings. The normalized spacial score (nSPS) is 14.3. The summed E-state index contributed by atoms with van der Waals surface area (Å²) in [4.78, 5) is 24.3. The van der Waals surface area contributed by atoms with Crippen molar-refractivity contribution >= 4 is 27.8 Å². The van der Waals surface area contributed by atoms with Crippen LogP contribution in [0.1, 0.15) is 13.3 Å². The van der Waals surface area contributed by atoms with E-state index in [9.17, 15) is 22.7 Å². The third-order valence-corrected chi connectivity index (χ3v) is 6.32. The van der Waals surface area contributed by atoms with Crippen LogP contribution in [0.2, 0.25) is 0 Å². The predicted octanol–water partition coefficient (Wildman–Crippen LogP) is 2.33. The van der Waals surface area contributed by atoms with Crippen molar-refractivity contribution in [2.24, 2.45) is 5.73 Å². The number of rotatable bonds is 7. The third kappa shape index (κ3) is 3.99. The van der Waals surface area contributed by atoms with E-state index in [-0.39, 0.29) is 18.5 Å². The number of benzene rings is 2. The maximum atomic E-state index is 14.4. The number of fused-ring (bicyclic) bond motifs is 1. The highest BCUT2D eigenvalue weighted by atomic mass is 32.2. The fourth-order valence-electron chi connectivity index (χ4n) is 3.11. The summed E-state index contributed by atoms with van der Waals surface area (Å²) >= 11 is -2.72. The topological polar surface area (TPSA) is 114 Å². The van der Waals surface area contributed by atoms with Gasteiger partial charge in [-0.05, 0) is 65.7 Å². The minimum Gasteiger partial charge on any atom is -0.772 e. The van der Waals surface area contributed by atoms with E-state index in [1.807, 2.05) is 0 Å². The molecule has 3 rings (SSSR count). The van der Waals surface area contributed by atoms with E-state index in [1.165, 1.54) is 30.9 Å². The van der Waals surface area contributed by atoms with Crippen molar-refractivity contribution in [3.8, 4) is 16.9 Å². The molecular formula is C21H20FN2O5S-. The molecule has 1 amide bonds. The van der Waals surface area contributed by atoms with Gasteiger partial charge in [0.2, 0.25) is 5.91 Å². The number of nitrogens with zero attached hydrogens (tertiary/aromatic N) is 1. The molecule has 0 aliphatic rings. The number of aromatic nitrogens is 1. The lowest BCUT2D eigenvalue weighted by Crippen LogP contribution is -2.46. The van der Waals surface area contributed by atoms with Crippen LogP contribution in [0.15, 0.2) is 53.5 Å². The highest BCUT2D eigenvalue weighted by Gasteiger charge is 2.32. The molecule has 1 aromatic heterocycles. The number of hydrogen-bond acceptors (Lipinski definition) is 5. The lowest BCUT2D eigenvalue weighted by atomic mass is 10.0. The van der Waals surface area contributed by atoms with Crippen LogP contribution in [0.4, 0.5) is 4.39 Å². The number of aryl methyl sites for hydroxylation is 1. The Bertz CT molecular complexity index is 1190. The van der Waals surface area contributed by atoms with Crippen LogP contribution in [0.3, 0.4) is 0 Å². The Kier molecular flexibility index (Phi) is 6.04. The lowest BCUT2D eigenvalue weighted by Gasteiger charge is -2.28. The Morgan fingerprint density at radius 1 is 1.27 bits per heavy atom. The van der Waals surface area contributed by atoms with E-state index in [2.05, 4.69) is 0 Å². The number of halogens is 1. The number of hydrogen-bond donors (Lipinski definition) is 1. The van der Waals surface area contributed by atoms with E-state index in [0.717, 1.165) is 0 Å². The number of nitrogens with two attached hydrogens (primary N) is 1. The van der Waals surface area contributed by atoms with Crippen LogP contribution >= 0.6 is 0 Å². The zero-order chi connectivity index (χ0) is 22.1. The van der Waals surface area contributed by atoms with Crippen LogP contribution in [-0.4, -0.2) is 31.1 Å². The second-order valence-electron chi connectivity index (χ2n) is 7.04. The Morgan fingerprint density at radius 2 is 2.00 bits per heavy atom. The van der Waals surface area contributed by atoms with Gasteiger partial charge in [0.1, 0.15) is 16.3 Å². The monoisotopic (exact) mass is 431 g/mol. The fraction of sp³-hybridized carbons (Fsp3) is 0.238. The molecule has 9 heteroatoms. The molecule has 0 spiro atoms. The van der Waals surface area contributed by atoms with Gasteiger partial charge in [-0.25, -0.2) is 4.39 Å². The average molecular weight is 431 g/mol. The first-order valence-corrected chi connectivity index (χ1v) is 10.1. The number of carbonyl (C=O) groups excluding carboxylic acids is 1. The Labute approximate surface area is 174 Å². The molecule has 0 saturated heterocycles. The molecule has 0 radical (unpaired) electrons. The number of primary amides is 1. The standard InChI is InChI=1S/C21H21FN2O5S/c1-21(20(23)26,30(27)28)8-10-24-9-7-14-11-13(3-5-17(14)19(24)25)16-6-4-15(29-2)12-18(16)22/h3-7,9,11-12H,8,10H2,1-2H3,(H2,23,26)(H,27,28)/p-1. The largest absolute Gasteiger partial charge is 0.772 e. The molecule has 2 aromatic carbocycles. The van der Waals surface area contributed by atoms with E-state index in [1.54, 1.807) is 36.4 Å². The van der Waals surface area contributed by atoms with E-state index in [4.69, 9.17) is 10.5 Å². The van der Waals surface area contributed by atoms with Gasteiger partial charge in [0.05, 0.1) is 7.11 Å². The fourth-order valence-corrected chi connectivity index (χ4v) is 3.53. The molecule has 1 heterocycles. The molecule has 2 unspecified atom stereocenters. The van der Waals surface area contributed by atoms with Gasteiger partial charge in [0.15, 0.2) is 0 Å². The Morgan fingerprint density at radius 3 is 2.60 bits per heavy atom. The van der Waals surface area contributed by atoms with Gasteiger partial charge in [-0.1, -0.05) is 6.07 Å². The van der Waals surface area contributed by atoms with Crippen molar-refractivity contribution in [1.29, 1.82) is 0 Å². The number of methoxy groups -OCH3 is 1. The number of amides is 1. The summed E-state index contributed by atoms with van der Waals surface area (Å²) in [6.07, 6.45) is 1.37. The van der Waals surface area contributed by atoms with Gasteiger partial charge < -0.3 is 19.6 Å². The van der Waals surface area contributed by atoms with Gasteiger partial charge in [-0.2, -0.15) is 0 Å². The summed E-state index contributed by atoms with van der Waals surface area (Å²) in [5, 5.41) is 0.994. The zero-order valence-electron chi connectivity index (χ0n) is 16.4. The van der Waals surface area contributed by atoms with Gasteiger partial charge in [-0.3, -0.25) is 13.8 Å². The van der Waals surface area contributed by atoms with E-state index < -0.39 is 27.6 Å². The van der Waals surface area contributed by atoms with Crippen molar-refractivity contribution in [2.45, 2.75) is 24.6 Å². The molecule has 30 heavy (non-hydrogen) atoms. The lowest BCUT2D eigenvalue weighted by molar-refractivity contribution is -0.120. The van der Waals surface area contributed by atoms with Gasteiger partial charge >= 0.3 is 0 Å². The average Bonchev–Trinajstić information content (AvgIpc) is 2.72. The number of carbonyl (C=O) groups is 1. The van der Waals surface area contributed by atoms with Crippen LogP contribution in [0, 0.1) is 5.82 Å². The number of ether oxygens (including phenoxy) is 1. The predicted molar refractivity (Wildman–Crippen MR) is 111 cm³/mol. The van der Waals surface area contributed by atoms with Crippen molar-refractivity contribution in [3.63, 3.8) is 0 Å². The molecular weight excluding hydrogens is 411 g/mol. The van der Waals surface area contributed by atoms with Crippen LogP contribution in [0.25, 0.3) is 21.9 Å². The van der Waals surface area contributed by atoms with Crippen LogP contribution in [0.5, 0.6) is 5.75 Å². The van der Waals surface area contributed by atoms with Crippen molar-refractivity contribution in [2.75, 3.05) is 7.11 Å². The maximum Gasteiger partial charge on any atom is 0.258 e. The van der Waals surface area contributed by atoms with Crippen LogP contribution in [-0.2, 0) is 22.4 Å². The highest BCUT2D eigenvalue weighted by molar-refractivity contribution is 7.81. The van der Waals surface area contributed by atoms with E-state index >= 15 is 0 Å². The summed E-state index contributed by atoms with van der Waals surface area (Å²) in [6, 6.07) is 11.1. The van der Waals surface area contributed by atoms with Gasteiger partial charge in [0.25, 0.3) is 5.56 Å². The Hall–Kier alpha value is -3.04. The van der Waals surface area contributed by atoms with Crippen LogP contribution < -0.4 is 16.0 Å². The molecule has 0 bridgehead atoms. The van der Waals surface area contributed by atoms with Crippen molar-refractivity contribution in [3.05, 3.63) is 64.8 Å². The first-order valence-electron chi connectivity index (χ1n) is 9.04. The second kappa shape index (κ2) is 8.37. The third-order valence-electron chi connectivity index (χ3n) is 5.18. The SMILES string of the molecule is COc1ccc(-c2ccc3c(=O)n(CCC(C)(C(N)=O)S(=O)[O-])ccc3c2)c(F)c1. The molecule has 2 N–H and O–H groups in total. The first-order chi connectivity index (χ1) is 14.2. The molecule has 2 atom stereocenters. The smallest absolute Gasteiger partial charge is 0.258 e. The molecule has 158 valence electrons. The summed E-state index contributed by atoms with van der Waals surface area (Å²) in [5.41, 5.74) is 5.83. The Balaban J connectivity index is 1.95. The van der Waals surface area contributed by atoms with Gasteiger partial charge in [0, 0.05) is 29.8 Å². The summed E-state index contributed by atoms with van der Waals surface area (Å²) in [7, 11) is 1.45. The quantitative estimate of drug-likeness (QED) is 0.577. The van der Waals surface area contributed by atoms with Crippen molar-refractivity contribution < 1.29 is 22.7 Å². The van der Waals surface area contributed by atoms with E-state index in [0.29, 0.717) is 27.6 Å². The van der Waals surface area contributed by atoms with Crippen molar-refractivity contribution in [1.82, 2.24) is 4.57 Å². The second-order valence-corrected chi connectivity index (χ2v) is 8.41. The highest BCUT2D eigenvalue weighted by Crippen LogP contribution is 2.28. The zero-order valence-corrected chi connectivity index (χ0v) is 17.2. The molecule has 0 aliphatic carbocycles. The molecule has 0 aliphatic heterocycles. The first kappa shape index (κ1) is 21.7. The molecule has 0 saturated carbocycles. The number of pyridine rings is 1. The molecule has 3 aromatic rings. The maximum absolute atomic E-state index is 14.4. The summed E-state index contributed by atoms with van der Waals surface area (Å²) < 4.78 is 41.7. The summed E-state index contributed by atoms with van der Waals surface area (Å²) in [5.74, 6) is -1.02. The minimum absolute atomic E-state index is 0.00292.